The monoisotopic (exact) mass is 352 g/mol. The first kappa shape index (κ1) is 17.3. The Bertz CT molecular complexity index is 641. The first-order chi connectivity index (χ1) is 11.9. The zero-order valence-corrected chi connectivity index (χ0v) is 16.4. The summed E-state index contributed by atoms with van der Waals surface area (Å²) in [6.45, 7) is 0. The maximum Gasteiger partial charge on any atom is 0.0800 e. The van der Waals surface area contributed by atoms with E-state index in [1.54, 1.807) is 0 Å². The standard InChI is InChI=1S/C22H24P2/c1-3-7-19(8-4-1)15-23-17-21-11-13-22(14-12-21)18-24-16-20-9-5-2-6-10-20/h1-14,23-24H,15-18H2/p+2. The third-order valence-corrected chi connectivity index (χ3v) is 7.27. The average Bonchev–Trinajstić information content (AvgIpc) is 2.65. The van der Waals surface area contributed by atoms with Crippen LogP contribution in [0.25, 0.3) is 0 Å². The lowest BCUT2D eigenvalue weighted by Crippen LogP contribution is -1.85. The van der Waals surface area contributed by atoms with E-state index in [2.05, 4.69) is 84.9 Å². The van der Waals surface area contributed by atoms with E-state index in [-0.39, 0.29) is 0 Å². The minimum atomic E-state index is 0.464. The topological polar surface area (TPSA) is 0 Å². The van der Waals surface area contributed by atoms with Gasteiger partial charge in [-0.2, -0.15) is 0 Å². The SMILES string of the molecule is c1ccc(C[PH2+]Cc2ccc(C[PH2+]Cc3ccccc3)cc2)cc1. The molecule has 0 saturated carbocycles. The molecule has 122 valence electrons. The third-order valence-electron chi connectivity index (χ3n) is 4.23. The van der Waals surface area contributed by atoms with E-state index in [9.17, 15) is 0 Å². The van der Waals surface area contributed by atoms with Gasteiger partial charge in [-0.1, -0.05) is 84.9 Å². The highest BCUT2D eigenvalue weighted by Crippen LogP contribution is 2.26. The van der Waals surface area contributed by atoms with Crippen molar-refractivity contribution in [2.75, 3.05) is 0 Å². The molecule has 0 nitrogen and oxygen atoms in total. The Morgan fingerprint density at radius 2 is 0.667 bits per heavy atom. The largest absolute Gasteiger partial charge is 0.0800 e. The Balaban J connectivity index is 1.40. The summed E-state index contributed by atoms with van der Waals surface area (Å²) in [6, 6.07) is 31.1. The summed E-state index contributed by atoms with van der Waals surface area (Å²) in [5, 5.41) is 0. The van der Waals surface area contributed by atoms with Crippen LogP contribution in [-0.4, -0.2) is 0 Å². The molecule has 3 rings (SSSR count). The molecule has 0 aliphatic rings. The fourth-order valence-corrected chi connectivity index (χ4v) is 5.56. The van der Waals surface area contributed by atoms with Crippen molar-refractivity contribution < 1.29 is 0 Å². The van der Waals surface area contributed by atoms with E-state index in [0.717, 1.165) is 0 Å². The van der Waals surface area contributed by atoms with E-state index < -0.39 is 0 Å². The van der Waals surface area contributed by atoms with Gasteiger partial charge in [-0.3, -0.25) is 0 Å². The highest BCUT2D eigenvalue weighted by molar-refractivity contribution is 7.36. The Morgan fingerprint density at radius 3 is 1.00 bits per heavy atom. The van der Waals surface area contributed by atoms with Crippen LogP contribution in [0.4, 0.5) is 0 Å². The molecule has 0 aromatic heterocycles. The van der Waals surface area contributed by atoms with E-state index in [1.807, 2.05) is 0 Å². The molecule has 0 saturated heterocycles. The van der Waals surface area contributed by atoms with Crippen molar-refractivity contribution in [3.05, 3.63) is 107 Å². The van der Waals surface area contributed by atoms with E-state index in [0.29, 0.717) is 17.2 Å². The van der Waals surface area contributed by atoms with E-state index in [4.69, 9.17) is 0 Å². The summed E-state index contributed by atoms with van der Waals surface area (Å²) in [4.78, 5) is 0. The summed E-state index contributed by atoms with van der Waals surface area (Å²) in [7, 11) is 0.928. The number of hydrogen-bond acceptors (Lipinski definition) is 0. The van der Waals surface area contributed by atoms with Crippen molar-refractivity contribution in [2.24, 2.45) is 0 Å². The molecule has 2 atom stereocenters. The molecule has 3 aromatic carbocycles. The molecule has 0 fully saturated rings. The van der Waals surface area contributed by atoms with Gasteiger partial charge >= 0.3 is 0 Å². The van der Waals surface area contributed by atoms with Crippen molar-refractivity contribution in [3.8, 4) is 0 Å². The summed E-state index contributed by atoms with van der Waals surface area (Å²) in [5.74, 6) is 0. The van der Waals surface area contributed by atoms with Gasteiger partial charge in [0, 0.05) is 0 Å². The van der Waals surface area contributed by atoms with Gasteiger partial charge in [0.25, 0.3) is 0 Å². The first-order valence-corrected chi connectivity index (χ1v) is 12.0. The Labute approximate surface area is 149 Å². The summed E-state index contributed by atoms with van der Waals surface area (Å²) >= 11 is 0. The second-order valence-electron chi connectivity index (χ2n) is 6.18. The normalized spacial score (nSPS) is 11.7. The van der Waals surface area contributed by atoms with Crippen molar-refractivity contribution in [3.63, 3.8) is 0 Å². The van der Waals surface area contributed by atoms with Crippen LogP contribution < -0.4 is 0 Å². The van der Waals surface area contributed by atoms with Gasteiger partial charge in [-0.25, -0.2) is 0 Å². The van der Waals surface area contributed by atoms with Crippen LogP contribution in [0.5, 0.6) is 0 Å². The summed E-state index contributed by atoms with van der Waals surface area (Å²) in [6.07, 6.45) is 5.02. The van der Waals surface area contributed by atoms with Gasteiger partial charge in [0.05, 0.1) is 24.6 Å². The Morgan fingerprint density at radius 1 is 0.375 bits per heavy atom. The lowest BCUT2D eigenvalue weighted by molar-refractivity contribution is 1.30. The van der Waals surface area contributed by atoms with Crippen LogP contribution in [0.2, 0.25) is 0 Å². The zero-order chi connectivity index (χ0) is 16.5. The average molecular weight is 352 g/mol. The van der Waals surface area contributed by atoms with Gasteiger partial charge in [-0.05, 0) is 39.4 Å². The maximum absolute atomic E-state index is 2.34. The lowest BCUT2D eigenvalue weighted by Gasteiger charge is -2.01. The van der Waals surface area contributed by atoms with Gasteiger partial charge in [0.1, 0.15) is 0 Å². The van der Waals surface area contributed by atoms with Crippen molar-refractivity contribution in [1.29, 1.82) is 0 Å². The molecule has 0 aliphatic carbocycles. The molecule has 3 aromatic rings. The summed E-state index contributed by atoms with van der Waals surface area (Å²) < 4.78 is 0. The number of benzene rings is 3. The molecule has 0 spiro atoms. The predicted octanol–water partition coefficient (Wildman–Crippen LogP) is 5.91. The van der Waals surface area contributed by atoms with Gasteiger partial charge in [-0.15, -0.1) is 0 Å². The summed E-state index contributed by atoms with van der Waals surface area (Å²) in [5.41, 5.74) is 5.97. The van der Waals surface area contributed by atoms with E-state index in [1.165, 1.54) is 46.9 Å². The van der Waals surface area contributed by atoms with Crippen molar-refractivity contribution in [2.45, 2.75) is 24.6 Å². The molecular weight excluding hydrogens is 326 g/mol. The smallest absolute Gasteiger partial charge is 0.0622 e. The van der Waals surface area contributed by atoms with Crippen LogP contribution in [0.15, 0.2) is 84.9 Å². The fraction of sp³-hybridized carbons (Fsp3) is 0.182. The third kappa shape index (κ3) is 5.86. The number of rotatable bonds is 8. The first-order valence-electron chi connectivity index (χ1n) is 8.69. The maximum atomic E-state index is 2.34. The highest BCUT2D eigenvalue weighted by Gasteiger charge is 2.03. The second-order valence-corrected chi connectivity index (χ2v) is 8.97. The van der Waals surface area contributed by atoms with Crippen LogP contribution in [0.3, 0.4) is 0 Å². The quantitative estimate of drug-likeness (QED) is 0.442. The molecule has 0 aliphatic heterocycles. The molecule has 2 heteroatoms. The second kappa shape index (κ2) is 9.73. The Kier molecular flexibility index (Phi) is 7.03. The van der Waals surface area contributed by atoms with Crippen molar-refractivity contribution in [1.82, 2.24) is 0 Å². The number of hydrogen-bond donors (Lipinski definition) is 0. The Hall–Kier alpha value is -1.48. The van der Waals surface area contributed by atoms with Crippen LogP contribution in [-0.2, 0) is 24.6 Å². The molecule has 24 heavy (non-hydrogen) atoms. The molecule has 0 heterocycles. The van der Waals surface area contributed by atoms with E-state index >= 15 is 0 Å². The lowest BCUT2D eigenvalue weighted by atomic mass is 10.2. The highest BCUT2D eigenvalue weighted by atomic mass is 31.1. The molecule has 0 bridgehead atoms. The predicted molar refractivity (Wildman–Crippen MR) is 114 cm³/mol. The van der Waals surface area contributed by atoms with Crippen LogP contribution in [0.1, 0.15) is 22.3 Å². The zero-order valence-electron chi connectivity index (χ0n) is 14.1. The molecule has 0 amide bonds. The van der Waals surface area contributed by atoms with Gasteiger partial charge in [0.15, 0.2) is 0 Å². The van der Waals surface area contributed by atoms with Crippen LogP contribution >= 0.6 is 17.2 Å². The minimum Gasteiger partial charge on any atom is -0.0622 e. The van der Waals surface area contributed by atoms with Crippen LogP contribution in [0, 0.1) is 0 Å². The molecule has 0 N–H and O–H groups in total. The molecule has 0 radical (unpaired) electrons. The molecular formula is C22H26P2+2. The minimum absolute atomic E-state index is 0.464. The van der Waals surface area contributed by atoms with Gasteiger partial charge < -0.3 is 0 Å². The van der Waals surface area contributed by atoms with Gasteiger partial charge in [0.2, 0.25) is 0 Å². The van der Waals surface area contributed by atoms with Crippen molar-refractivity contribution >= 4 is 17.2 Å². The molecule has 2 unspecified atom stereocenters. The fourth-order valence-electron chi connectivity index (χ4n) is 2.85.